The zero-order valence-corrected chi connectivity index (χ0v) is 16.4. The van der Waals surface area contributed by atoms with Crippen LogP contribution in [-0.4, -0.2) is 51.1 Å². The lowest BCUT2D eigenvalue weighted by atomic mass is 10.1. The summed E-state index contributed by atoms with van der Waals surface area (Å²) in [6, 6.07) is 5.42. The number of esters is 2. The van der Waals surface area contributed by atoms with E-state index in [1.165, 1.54) is 13.8 Å². The van der Waals surface area contributed by atoms with E-state index in [-0.39, 0.29) is 11.9 Å². The third-order valence-corrected chi connectivity index (χ3v) is 3.75. The summed E-state index contributed by atoms with van der Waals surface area (Å²) in [5.41, 5.74) is 1.39. The second kappa shape index (κ2) is 12.7. The van der Waals surface area contributed by atoms with E-state index in [2.05, 4.69) is 11.8 Å². The molecule has 1 aromatic carbocycles. The summed E-state index contributed by atoms with van der Waals surface area (Å²) in [6.45, 7) is 7.28. The Balaban J connectivity index is 2.69. The topological polar surface area (TPSA) is 82.1 Å². The monoisotopic (exact) mass is 379 g/mol. The Morgan fingerprint density at radius 2 is 1.67 bits per heavy atom. The Bertz CT molecular complexity index is 616. The molecule has 0 unspecified atom stereocenters. The molecule has 0 fully saturated rings. The molecule has 0 atom stereocenters. The molecular formula is C20H29NO6. The molecule has 0 aromatic heterocycles. The number of hydrogen-bond acceptors (Lipinski definition) is 7. The lowest BCUT2D eigenvalue weighted by molar-refractivity contribution is -0.141. The molecular weight excluding hydrogens is 350 g/mol. The van der Waals surface area contributed by atoms with Gasteiger partial charge in [-0.3, -0.25) is 14.4 Å². The van der Waals surface area contributed by atoms with E-state index in [9.17, 15) is 14.4 Å². The Morgan fingerprint density at radius 3 is 2.30 bits per heavy atom. The van der Waals surface area contributed by atoms with Gasteiger partial charge in [-0.05, 0) is 31.4 Å². The van der Waals surface area contributed by atoms with Crippen molar-refractivity contribution in [3.63, 3.8) is 0 Å². The number of carbonyl (C=O) groups is 3. The lowest BCUT2D eigenvalue weighted by Crippen LogP contribution is -2.28. The van der Waals surface area contributed by atoms with Crippen LogP contribution in [0.3, 0.4) is 0 Å². The minimum atomic E-state index is -0.305. The predicted octanol–water partition coefficient (Wildman–Crippen LogP) is 3.00. The number of benzene rings is 1. The highest BCUT2D eigenvalue weighted by Crippen LogP contribution is 2.25. The van der Waals surface area contributed by atoms with Crippen molar-refractivity contribution >= 4 is 23.9 Å². The van der Waals surface area contributed by atoms with Gasteiger partial charge in [0, 0.05) is 32.1 Å². The van der Waals surface area contributed by atoms with Gasteiger partial charge in [-0.25, -0.2) is 0 Å². The van der Waals surface area contributed by atoms with Crippen molar-refractivity contribution in [1.29, 1.82) is 0 Å². The molecule has 1 rings (SSSR count). The summed E-state index contributed by atoms with van der Waals surface area (Å²) in [7, 11) is 0. The molecule has 0 saturated heterocycles. The van der Waals surface area contributed by atoms with Crippen LogP contribution in [0.1, 0.15) is 50.4 Å². The van der Waals surface area contributed by atoms with Gasteiger partial charge in [0.05, 0.1) is 25.3 Å². The Labute approximate surface area is 160 Å². The van der Waals surface area contributed by atoms with Crippen molar-refractivity contribution in [1.82, 2.24) is 0 Å². The fourth-order valence-corrected chi connectivity index (χ4v) is 2.48. The van der Waals surface area contributed by atoms with Gasteiger partial charge in [-0.1, -0.05) is 6.92 Å². The van der Waals surface area contributed by atoms with Crippen LogP contribution in [-0.2, 0) is 19.1 Å². The first-order valence-electron chi connectivity index (χ1n) is 9.21. The lowest BCUT2D eigenvalue weighted by Gasteiger charge is -2.25. The summed E-state index contributed by atoms with van der Waals surface area (Å²) in [5, 5.41) is 0. The second-order valence-corrected chi connectivity index (χ2v) is 6.06. The van der Waals surface area contributed by atoms with E-state index in [1.807, 2.05) is 12.1 Å². The number of hydrogen-bond donors (Lipinski definition) is 0. The van der Waals surface area contributed by atoms with Gasteiger partial charge in [-0.15, -0.1) is 0 Å². The number of ether oxygens (including phenoxy) is 3. The zero-order chi connectivity index (χ0) is 20.1. The number of aldehydes is 1. The summed E-state index contributed by atoms with van der Waals surface area (Å²) in [6.07, 6.45) is 3.10. The maximum absolute atomic E-state index is 11.3. The van der Waals surface area contributed by atoms with Crippen LogP contribution in [0, 0.1) is 0 Å². The highest BCUT2D eigenvalue weighted by molar-refractivity contribution is 5.80. The molecule has 0 aliphatic heterocycles. The smallest absolute Gasteiger partial charge is 0.302 e. The summed E-state index contributed by atoms with van der Waals surface area (Å²) in [5.74, 6) is -0.0827. The van der Waals surface area contributed by atoms with Crippen LogP contribution in [0.2, 0.25) is 0 Å². The molecule has 0 aliphatic rings. The van der Waals surface area contributed by atoms with Gasteiger partial charge in [-0.2, -0.15) is 0 Å². The molecule has 0 heterocycles. The van der Waals surface area contributed by atoms with Gasteiger partial charge in [0.25, 0.3) is 0 Å². The first-order valence-corrected chi connectivity index (χ1v) is 9.21. The molecule has 27 heavy (non-hydrogen) atoms. The Kier molecular flexibility index (Phi) is 10.6. The van der Waals surface area contributed by atoms with E-state index in [0.717, 1.165) is 24.9 Å². The Morgan fingerprint density at radius 1 is 1.00 bits per heavy atom. The summed E-state index contributed by atoms with van der Waals surface area (Å²) in [4.78, 5) is 35.1. The molecule has 0 bridgehead atoms. The largest absolute Gasteiger partial charge is 0.493 e. The van der Waals surface area contributed by atoms with Crippen molar-refractivity contribution in [3.8, 4) is 5.75 Å². The first kappa shape index (κ1) is 22.5. The molecule has 0 amide bonds. The van der Waals surface area contributed by atoms with Crippen LogP contribution >= 0.6 is 0 Å². The van der Waals surface area contributed by atoms with Crippen LogP contribution in [0.15, 0.2) is 18.2 Å². The molecule has 0 spiro atoms. The number of carbonyl (C=O) groups excluding carboxylic acids is 3. The van der Waals surface area contributed by atoms with Crippen molar-refractivity contribution in [2.75, 3.05) is 37.8 Å². The van der Waals surface area contributed by atoms with Gasteiger partial charge in [0.2, 0.25) is 0 Å². The minimum Gasteiger partial charge on any atom is -0.493 e. The van der Waals surface area contributed by atoms with Crippen molar-refractivity contribution in [3.05, 3.63) is 23.8 Å². The highest BCUT2D eigenvalue weighted by Gasteiger charge is 2.11. The van der Waals surface area contributed by atoms with Crippen molar-refractivity contribution < 1.29 is 28.6 Å². The zero-order valence-electron chi connectivity index (χ0n) is 16.4. The molecule has 0 aliphatic carbocycles. The fraction of sp³-hybridized carbons (Fsp3) is 0.550. The standard InChI is InChI=1S/C20H29NO6/c1-4-9-21(10-13-26-17(3)24)19-8-7-18(15-22)20(14-19)27-12-6-5-11-25-16(2)23/h7-8,14-15H,4-6,9-13H2,1-3H3. The average molecular weight is 379 g/mol. The van der Waals surface area contributed by atoms with E-state index in [0.29, 0.717) is 50.5 Å². The van der Waals surface area contributed by atoms with Crippen LogP contribution in [0.5, 0.6) is 5.75 Å². The number of anilines is 1. The summed E-state index contributed by atoms with van der Waals surface area (Å²) < 4.78 is 15.7. The van der Waals surface area contributed by atoms with Gasteiger partial charge in [0.15, 0.2) is 6.29 Å². The van der Waals surface area contributed by atoms with Gasteiger partial charge >= 0.3 is 11.9 Å². The van der Waals surface area contributed by atoms with E-state index < -0.39 is 0 Å². The van der Waals surface area contributed by atoms with Crippen LogP contribution < -0.4 is 9.64 Å². The molecule has 150 valence electrons. The third-order valence-electron chi connectivity index (χ3n) is 3.75. The average Bonchev–Trinajstić information content (AvgIpc) is 2.63. The molecule has 0 radical (unpaired) electrons. The maximum atomic E-state index is 11.3. The van der Waals surface area contributed by atoms with Crippen molar-refractivity contribution in [2.45, 2.75) is 40.0 Å². The van der Waals surface area contributed by atoms with E-state index >= 15 is 0 Å². The van der Waals surface area contributed by atoms with Crippen LogP contribution in [0.25, 0.3) is 0 Å². The van der Waals surface area contributed by atoms with E-state index in [1.54, 1.807) is 6.07 Å². The van der Waals surface area contributed by atoms with E-state index in [4.69, 9.17) is 14.2 Å². The normalized spacial score (nSPS) is 10.2. The second-order valence-electron chi connectivity index (χ2n) is 6.06. The van der Waals surface area contributed by atoms with Crippen molar-refractivity contribution in [2.24, 2.45) is 0 Å². The molecule has 0 N–H and O–H groups in total. The highest BCUT2D eigenvalue weighted by atomic mass is 16.5. The number of rotatable bonds is 13. The third kappa shape index (κ3) is 9.08. The SMILES string of the molecule is CCCN(CCOC(C)=O)c1ccc(C=O)c(OCCCCOC(C)=O)c1. The van der Waals surface area contributed by atoms with Crippen LogP contribution in [0.4, 0.5) is 5.69 Å². The molecule has 7 heteroatoms. The maximum Gasteiger partial charge on any atom is 0.302 e. The number of nitrogens with zero attached hydrogens (tertiary/aromatic N) is 1. The fourth-order valence-electron chi connectivity index (χ4n) is 2.48. The van der Waals surface area contributed by atoms with Gasteiger partial charge in [0.1, 0.15) is 12.4 Å². The molecule has 1 aromatic rings. The predicted molar refractivity (Wildman–Crippen MR) is 102 cm³/mol. The molecule has 0 saturated carbocycles. The Hall–Kier alpha value is -2.57. The number of unbranched alkanes of at least 4 members (excludes halogenated alkanes) is 1. The summed E-state index contributed by atoms with van der Waals surface area (Å²) >= 11 is 0. The quantitative estimate of drug-likeness (QED) is 0.296. The molecule has 7 nitrogen and oxygen atoms in total. The van der Waals surface area contributed by atoms with Gasteiger partial charge < -0.3 is 19.1 Å². The first-order chi connectivity index (χ1) is 13.0. The minimum absolute atomic E-state index is 0.295.